The lowest BCUT2D eigenvalue weighted by Crippen LogP contribution is -2.28. The topological polar surface area (TPSA) is 73.1 Å². The zero-order valence-corrected chi connectivity index (χ0v) is 24.3. The second-order valence-electron chi connectivity index (χ2n) is 10.4. The first kappa shape index (κ1) is 27.2. The molecule has 6 rings (SSSR count). The molecular weight excluding hydrogens is 557 g/mol. The van der Waals surface area contributed by atoms with Crippen LogP contribution in [-0.2, 0) is 11.2 Å². The van der Waals surface area contributed by atoms with E-state index in [0.29, 0.717) is 33.5 Å². The van der Waals surface area contributed by atoms with E-state index in [1.54, 1.807) is 36.4 Å². The molecule has 8 heteroatoms. The van der Waals surface area contributed by atoms with Crippen molar-refractivity contribution in [1.82, 2.24) is 4.98 Å². The molecule has 0 spiro atoms. The molecule has 206 valence electrons. The van der Waals surface area contributed by atoms with Crippen LogP contribution in [0.1, 0.15) is 31.9 Å². The number of carbonyl (C=O) groups is 1. The van der Waals surface area contributed by atoms with Crippen LogP contribution < -0.4 is 9.47 Å². The van der Waals surface area contributed by atoms with Crippen LogP contribution in [0.5, 0.6) is 11.5 Å². The van der Waals surface area contributed by atoms with Crippen LogP contribution in [-0.4, -0.2) is 34.6 Å². The minimum absolute atomic E-state index is 0.0610. The predicted octanol–water partition coefficient (Wildman–Crippen LogP) is 7.88. The van der Waals surface area contributed by atoms with Crippen molar-refractivity contribution < 1.29 is 14.3 Å². The fraction of sp³-hybridized carbons (Fsp3) is 0.212. The lowest BCUT2D eigenvalue weighted by atomic mass is 9.96. The second kappa shape index (κ2) is 11.1. The van der Waals surface area contributed by atoms with Crippen molar-refractivity contribution in [3.05, 3.63) is 100 Å². The van der Waals surface area contributed by atoms with E-state index in [4.69, 9.17) is 37.7 Å². The Labute approximate surface area is 248 Å². The van der Waals surface area contributed by atoms with Gasteiger partial charge in [0.05, 0.1) is 28.3 Å². The van der Waals surface area contributed by atoms with Crippen molar-refractivity contribution in [2.75, 3.05) is 0 Å². The fourth-order valence-electron chi connectivity index (χ4n) is 5.13. The van der Waals surface area contributed by atoms with Crippen molar-refractivity contribution in [2.45, 2.75) is 39.4 Å². The summed E-state index contributed by atoms with van der Waals surface area (Å²) in [6, 6.07) is 17.6. The van der Waals surface area contributed by atoms with Gasteiger partial charge in [-0.25, -0.2) is 4.99 Å². The molecule has 2 atom stereocenters. The van der Waals surface area contributed by atoms with Crippen LogP contribution >= 0.6 is 23.2 Å². The molecule has 3 aromatic carbocycles. The van der Waals surface area contributed by atoms with Crippen molar-refractivity contribution in [3.8, 4) is 11.5 Å². The molecule has 1 aliphatic heterocycles. The van der Waals surface area contributed by atoms with Crippen LogP contribution in [0.15, 0.2) is 94.0 Å². The summed E-state index contributed by atoms with van der Waals surface area (Å²) in [6.07, 6.45) is 7.45. The Bertz CT molecular complexity index is 1820. The zero-order chi connectivity index (χ0) is 28.7. The lowest BCUT2D eigenvalue weighted by molar-refractivity contribution is -0.118. The molecule has 1 aromatic heterocycles. The number of hydrogen-bond acceptors (Lipinski definition) is 5. The van der Waals surface area contributed by atoms with Gasteiger partial charge in [-0.15, -0.1) is 0 Å². The minimum atomic E-state index is -0.579. The lowest BCUT2D eigenvalue weighted by Gasteiger charge is -2.21. The van der Waals surface area contributed by atoms with E-state index in [2.05, 4.69) is 34.3 Å². The fourth-order valence-corrected chi connectivity index (χ4v) is 5.49. The van der Waals surface area contributed by atoms with E-state index >= 15 is 0 Å². The Morgan fingerprint density at radius 3 is 2.56 bits per heavy atom. The zero-order valence-electron chi connectivity index (χ0n) is 22.8. The maximum atomic E-state index is 12.8. The number of carbonyl (C=O) groups excluding carboxylic acids is 1. The van der Waals surface area contributed by atoms with Crippen LogP contribution in [0.3, 0.4) is 0 Å². The minimum Gasteiger partial charge on any atom is -0.490 e. The van der Waals surface area contributed by atoms with Crippen LogP contribution in [0.4, 0.5) is 0 Å². The summed E-state index contributed by atoms with van der Waals surface area (Å²) in [5.74, 6) is 0.727. The monoisotopic (exact) mass is 583 g/mol. The van der Waals surface area contributed by atoms with Gasteiger partial charge >= 0.3 is 0 Å². The summed E-state index contributed by atoms with van der Waals surface area (Å²) in [5, 5.41) is 4.11. The SMILES string of the molecule is CC(C)Oc1cccc2ccc3cc(C[C@H](C)Oc4ccc(Cl)cc4C4=NC(=O)C5C=C(Cl)C=CC5=N4)cnc3c12. The predicted molar refractivity (Wildman–Crippen MR) is 166 cm³/mol. The highest BCUT2D eigenvalue weighted by Crippen LogP contribution is 2.33. The van der Waals surface area contributed by atoms with Gasteiger partial charge in [0, 0.05) is 28.1 Å². The molecule has 0 N–H and O–H groups in total. The van der Waals surface area contributed by atoms with Gasteiger partial charge in [-0.1, -0.05) is 47.5 Å². The molecule has 6 nitrogen and oxygen atoms in total. The van der Waals surface area contributed by atoms with Crippen LogP contribution in [0.25, 0.3) is 21.7 Å². The molecular formula is C33H27Cl2N3O3. The number of amides is 1. The Hall–Kier alpha value is -4.00. The van der Waals surface area contributed by atoms with E-state index in [1.807, 2.05) is 39.1 Å². The summed E-state index contributed by atoms with van der Waals surface area (Å²) >= 11 is 12.4. The maximum absolute atomic E-state index is 12.8. The standard InChI is InChI=1S/C33H27Cl2N3O3/c1-18(2)40-29-6-4-5-21-7-8-22-14-20(17-36-31(22)30(21)29)13-19(3)41-28-12-10-24(35)16-26(28)32-37-27-11-9-23(34)15-25(27)33(39)38-32/h4-12,14-19,25H,13H2,1-3H3/t19-,25?/m0/s1. The van der Waals surface area contributed by atoms with Gasteiger partial charge < -0.3 is 9.47 Å². The summed E-state index contributed by atoms with van der Waals surface area (Å²) in [7, 11) is 0. The number of nitrogens with zero attached hydrogens (tertiary/aromatic N) is 3. The summed E-state index contributed by atoms with van der Waals surface area (Å²) in [4.78, 5) is 26.5. The molecule has 0 saturated heterocycles. The largest absolute Gasteiger partial charge is 0.490 e. The molecule has 4 aromatic rings. The van der Waals surface area contributed by atoms with Gasteiger partial charge in [-0.3, -0.25) is 9.78 Å². The quantitative estimate of drug-likeness (QED) is 0.207. The Morgan fingerprint density at radius 1 is 0.902 bits per heavy atom. The third-order valence-electron chi connectivity index (χ3n) is 6.88. The third kappa shape index (κ3) is 5.63. The van der Waals surface area contributed by atoms with Gasteiger partial charge in [0.1, 0.15) is 23.5 Å². The van der Waals surface area contributed by atoms with Crippen LogP contribution in [0, 0.1) is 5.92 Å². The molecule has 0 radical (unpaired) electrons. The van der Waals surface area contributed by atoms with E-state index in [1.165, 1.54) is 0 Å². The number of fused-ring (bicyclic) bond motifs is 4. The molecule has 1 unspecified atom stereocenters. The van der Waals surface area contributed by atoms with Gasteiger partial charge in [0.15, 0.2) is 5.84 Å². The molecule has 2 aliphatic rings. The Balaban J connectivity index is 1.26. The number of ether oxygens (including phenoxy) is 2. The number of halogens is 2. The second-order valence-corrected chi connectivity index (χ2v) is 11.3. The van der Waals surface area contributed by atoms with Crippen LogP contribution in [0.2, 0.25) is 5.02 Å². The Morgan fingerprint density at radius 2 is 1.73 bits per heavy atom. The molecule has 0 saturated carbocycles. The number of hydrogen-bond donors (Lipinski definition) is 0. The third-order valence-corrected chi connectivity index (χ3v) is 7.37. The highest BCUT2D eigenvalue weighted by Gasteiger charge is 2.29. The maximum Gasteiger partial charge on any atom is 0.260 e. The first-order valence-corrected chi connectivity index (χ1v) is 14.2. The summed E-state index contributed by atoms with van der Waals surface area (Å²) in [5.41, 5.74) is 3.08. The van der Waals surface area contributed by atoms with Gasteiger partial charge in [-0.05, 0) is 80.3 Å². The molecule has 41 heavy (non-hydrogen) atoms. The molecule has 1 amide bonds. The van der Waals surface area contributed by atoms with Crippen molar-refractivity contribution in [2.24, 2.45) is 15.9 Å². The van der Waals surface area contributed by atoms with E-state index < -0.39 is 5.92 Å². The average Bonchev–Trinajstić information content (AvgIpc) is 2.94. The number of pyridine rings is 1. The number of aliphatic imine (C=N–C) groups is 2. The Kier molecular flexibility index (Phi) is 7.37. The molecule has 0 bridgehead atoms. The van der Waals surface area contributed by atoms with Gasteiger partial charge in [-0.2, -0.15) is 4.99 Å². The van der Waals surface area contributed by atoms with Crippen molar-refractivity contribution in [3.63, 3.8) is 0 Å². The van der Waals surface area contributed by atoms with Crippen molar-refractivity contribution in [1.29, 1.82) is 0 Å². The number of amidine groups is 1. The summed E-state index contributed by atoms with van der Waals surface area (Å²) in [6.45, 7) is 6.03. The first-order valence-electron chi connectivity index (χ1n) is 13.5. The summed E-state index contributed by atoms with van der Waals surface area (Å²) < 4.78 is 12.5. The van der Waals surface area contributed by atoms with Gasteiger partial charge in [0.2, 0.25) is 0 Å². The molecule has 2 heterocycles. The number of benzene rings is 3. The van der Waals surface area contributed by atoms with Gasteiger partial charge in [0.25, 0.3) is 5.91 Å². The van der Waals surface area contributed by atoms with E-state index in [-0.39, 0.29) is 24.0 Å². The molecule has 0 fully saturated rings. The smallest absolute Gasteiger partial charge is 0.260 e. The number of allylic oxidation sites excluding steroid dienone is 3. The normalized spacial score (nSPS) is 17.3. The highest BCUT2D eigenvalue weighted by atomic mass is 35.5. The highest BCUT2D eigenvalue weighted by molar-refractivity contribution is 6.34. The first-order chi connectivity index (χ1) is 19.7. The number of aromatic nitrogens is 1. The average molecular weight is 585 g/mol. The number of rotatable bonds is 7. The van der Waals surface area contributed by atoms with E-state index in [0.717, 1.165) is 33.0 Å². The molecule has 1 aliphatic carbocycles. The van der Waals surface area contributed by atoms with E-state index in [9.17, 15) is 4.79 Å². The van der Waals surface area contributed by atoms with Crippen molar-refractivity contribution >= 4 is 62.3 Å².